The highest BCUT2D eigenvalue weighted by molar-refractivity contribution is 5.34. The molecule has 1 aromatic rings. The van der Waals surface area contributed by atoms with Crippen LogP contribution in [0.2, 0.25) is 0 Å². The molecule has 5 heteroatoms. The highest BCUT2D eigenvalue weighted by Gasteiger charge is 2.31. The Labute approximate surface area is 89.0 Å². The fourth-order valence-electron chi connectivity index (χ4n) is 1.84. The second-order valence-electron chi connectivity index (χ2n) is 3.68. The predicted molar refractivity (Wildman–Crippen MR) is 56.3 cm³/mol. The molecule has 0 spiro atoms. The zero-order valence-electron chi connectivity index (χ0n) is 8.93. The summed E-state index contributed by atoms with van der Waals surface area (Å²) in [5.41, 5.74) is 0. The first-order valence-corrected chi connectivity index (χ1v) is 5.03. The lowest BCUT2D eigenvalue weighted by Crippen LogP contribution is -2.28. The van der Waals surface area contributed by atoms with Gasteiger partial charge in [0.25, 0.3) is 0 Å². The van der Waals surface area contributed by atoms with E-state index in [1.807, 2.05) is 18.7 Å². The van der Waals surface area contributed by atoms with E-state index in [1.165, 1.54) is 0 Å². The Morgan fingerprint density at radius 2 is 1.93 bits per heavy atom. The first-order valence-electron chi connectivity index (χ1n) is 5.03. The minimum absolute atomic E-state index is 0.0915. The Balaban J connectivity index is 2.33. The summed E-state index contributed by atoms with van der Waals surface area (Å²) >= 11 is 0. The van der Waals surface area contributed by atoms with Gasteiger partial charge in [-0.05, 0) is 20.3 Å². The Morgan fingerprint density at radius 3 is 2.53 bits per heavy atom. The van der Waals surface area contributed by atoms with Crippen LogP contribution in [0.15, 0.2) is 0 Å². The maximum atomic E-state index is 7.10. The Bertz CT molecular complexity index is 389. The molecule has 1 atom stereocenters. The van der Waals surface area contributed by atoms with Gasteiger partial charge in [0.2, 0.25) is 5.95 Å². The fourth-order valence-corrected chi connectivity index (χ4v) is 1.84. The molecule has 0 N–H and O–H groups in total. The van der Waals surface area contributed by atoms with Crippen LogP contribution in [0.1, 0.15) is 24.5 Å². The van der Waals surface area contributed by atoms with Crippen LogP contribution in [0, 0.1) is 20.4 Å². The van der Waals surface area contributed by atoms with E-state index in [4.69, 9.17) is 6.57 Å². The normalized spacial score (nSPS) is 20.3. The van der Waals surface area contributed by atoms with Crippen molar-refractivity contribution in [1.82, 2.24) is 15.0 Å². The van der Waals surface area contributed by atoms with E-state index < -0.39 is 0 Å². The largest absolute Gasteiger partial charge is 0.300 e. The average molecular weight is 203 g/mol. The second kappa shape index (κ2) is 3.81. The first kappa shape index (κ1) is 9.84. The third-order valence-corrected chi connectivity index (χ3v) is 2.47. The predicted octanol–water partition coefficient (Wildman–Crippen LogP) is 1.33. The molecule has 2 rings (SSSR count). The number of anilines is 1. The van der Waals surface area contributed by atoms with Gasteiger partial charge in [0, 0.05) is 13.0 Å². The van der Waals surface area contributed by atoms with Crippen molar-refractivity contribution in [2.75, 3.05) is 11.4 Å². The van der Waals surface area contributed by atoms with Gasteiger partial charge < -0.3 is 0 Å². The molecule has 0 aliphatic carbocycles. The van der Waals surface area contributed by atoms with Crippen molar-refractivity contribution in [3.63, 3.8) is 0 Å². The van der Waals surface area contributed by atoms with Crippen molar-refractivity contribution < 1.29 is 0 Å². The molecular weight excluding hydrogens is 190 g/mol. The molecule has 78 valence electrons. The standard InChI is InChI=1S/C10H13N5/c1-7-12-8(2)14-10(13-7)15-6-4-5-9(15)11-3/h9H,4-6H2,1-2H3. The lowest BCUT2D eigenvalue weighted by molar-refractivity contribution is 0.758. The molecule has 0 amide bonds. The summed E-state index contributed by atoms with van der Waals surface area (Å²) in [7, 11) is 0. The average Bonchev–Trinajstić information content (AvgIpc) is 2.63. The topological polar surface area (TPSA) is 46.3 Å². The fraction of sp³-hybridized carbons (Fsp3) is 0.600. The summed E-state index contributed by atoms with van der Waals surface area (Å²) < 4.78 is 0. The molecule has 0 aromatic carbocycles. The van der Waals surface area contributed by atoms with Crippen LogP contribution in [-0.4, -0.2) is 27.7 Å². The summed E-state index contributed by atoms with van der Waals surface area (Å²) in [6, 6.07) is 0. The Morgan fingerprint density at radius 1 is 1.27 bits per heavy atom. The summed E-state index contributed by atoms with van der Waals surface area (Å²) in [5, 5.41) is 0. The van der Waals surface area contributed by atoms with Gasteiger partial charge in [0.1, 0.15) is 11.6 Å². The van der Waals surface area contributed by atoms with E-state index in [0.717, 1.165) is 19.4 Å². The second-order valence-corrected chi connectivity index (χ2v) is 3.68. The van der Waals surface area contributed by atoms with Crippen molar-refractivity contribution >= 4 is 5.95 Å². The molecule has 0 bridgehead atoms. The number of nitrogens with zero attached hydrogens (tertiary/aromatic N) is 5. The zero-order chi connectivity index (χ0) is 10.8. The van der Waals surface area contributed by atoms with Gasteiger partial charge >= 0.3 is 6.17 Å². The number of rotatable bonds is 1. The van der Waals surface area contributed by atoms with Gasteiger partial charge in [-0.3, -0.25) is 9.74 Å². The van der Waals surface area contributed by atoms with Crippen LogP contribution in [0.3, 0.4) is 0 Å². The minimum atomic E-state index is -0.0915. The molecule has 0 radical (unpaired) electrons. The van der Waals surface area contributed by atoms with Crippen molar-refractivity contribution in [2.45, 2.75) is 32.9 Å². The van der Waals surface area contributed by atoms with E-state index in [1.54, 1.807) is 0 Å². The highest BCUT2D eigenvalue weighted by atomic mass is 15.3. The number of hydrogen-bond acceptors (Lipinski definition) is 4. The maximum absolute atomic E-state index is 7.10. The highest BCUT2D eigenvalue weighted by Crippen LogP contribution is 2.22. The molecule has 1 saturated heterocycles. The number of aromatic nitrogens is 3. The van der Waals surface area contributed by atoms with Crippen LogP contribution in [0.5, 0.6) is 0 Å². The maximum Gasteiger partial charge on any atom is 0.300 e. The van der Waals surface area contributed by atoms with Crippen molar-refractivity contribution in [2.24, 2.45) is 0 Å². The first-order chi connectivity index (χ1) is 7.20. The van der Waals surface area contributed by atoms with Crippen LogP contribution >= 0.6 is 0 Å². The van der Waals surface area contributed by atoms with E-state index in [0.29, 0.717) is 17.6 Å². The molecular formula is C10H13N5. The van der Waals surface area contributed by atoms with E-state index >= 15 is 0 Å². The molecule has 15 heavy (non-hydrogen) atoms. The van der Waals surface area contributed by atoms with Crippen molar-refractivity contribution in [1.29, 1.82) is 0 Å². The Kier molecular flexibility index (Phi) is 2.50. The molecule has 1 aliphatic rings. The monoisotopic (exact) mass is 203 g/mol. The van der Waals surface area contributed by atoms with Crippen LogP contribution in [0.4, 0.5) is 5.95 Å². The van der Waals surface area contributed by atoms with E-state index in [9.17, 15) is 0 Å². The third kappa shape index (κ3) is 1.89. The summed E-state index contributed by atoms with van der Waals surface area (Å²) in [4.78, 5) is 18.2. The van der Waals surface area contributed by atoms with Crippen LogP contribution < -0.4 is 4.90 Å². The van der Waals surface area contributed by atoms with Gasteiger partial charge in [0.05, 0.1) is 0 Å². The van der Waals surface area contributed by atoms with Gasteiger partial charge in [-0.25, -0.2) is 11.6 Å². The van der Waals surface area contributed by atoms with Gasteiger partial charge in [0.15, 0.2) is 0 Å². The number of aryl methyl sites for hydroxylation is 2. The van der Waals surface area contributed by atoms with Gasteiger partial charge in [-0.15, -0.1) is 0 Å². The quantitative estimate of drug-likeness (QED) is 0.646. The lowest BCUT2D eigenvalue weighted by atomic mass is 10.3. The smallest absolute Gasteiger partial charge is 0.290 e. The third-order valence-electron chi connectivity index (χ3n) is 2.47. The summed E-state index contributed by atoms with van der Waals surface area (Å²) in [6.45, 7) is 11.7. The molecule has 1 aromatic heterocycles. The molecule has 1 fully saturated rings. The summed E-state index contributed by atoms with van der Waals surface area (Å²) in [6.07, 6.45) is 1.86. The lowest BCUT2D eigenvalue weighted by Gasteiger charge is -2.16. The molecule has 1 aliphatic heterocycles. The molecule has 2 heterocycles. The summed E-state index contributed by atoms with van der Waals surface area (Å²) in [5.74, 6) is 2.08. The van der Waals surface area contributed by atoms with Crippen LogP contribution in [0.25, 0.3) is 4.85 Å². The van der Waals surface area contributed by atoms with E-state index in [-0.39, 0.29) is 6.17 Å². The minimum Gasteiger partial charge on any atom is -0.290 e. The van der Waals surface area contributed by atoms with Crippen molar-refractivity contribution in [3.8, 4) is 0 Å². The molecule has 0 saturated carbocycles. The number of hydrogen-bond donors (Lipinski definition) is 0. The molecule has 5 nitrogen and oxygen atoms in total. The van der Waals surface area contributed by atoms with Crippen molar-refractivity contribution in [3.05, 3.63) is 23.1 Å². The SMILES string of the molecule is [C-]#[N+]C1CCCN1c1nc(C)nc(C)n1. The zero-order valence-corrected chi connectivity index (χ0v) is 8.93. The van der Waals surface area contributed by atoms with E-state index in [2.05, 4.69) is 19.8 Å². The van der Waals surface area contributed by atoms with Gasteiger partial charge in [-0.2, -0.15) is 9.97 Å². The Hall–Kier alpha value is -1.70. The van der Waals surface area contributed by atoms with Gasteiger partial charge in [-0.1, -0.05) is 0 Å². The molecule has 1 unspecified atom stereocenters. The van der Waals surface area contributed by atoms with Crippen LogP contribution in [-0.2, 0) is 0 Å².